The van der Waals surface area contributed by atoms with Crippen molar-refractivity contribution in [2.24, 2.45) is 4.99 Å². The van der Waals surface area contributed by atoms with Gasteiger partial charge in [-0.1, -0.05) is 18.2 Å². The Balaban J connectivity index is 0.00000364. The van der Waals surface area contributed by atoms with Crippen LogP contribution in [0.5, 0.6) is 5.75 Å². The normalized spacial score (nSPS) is 10.7. The summed E-state index contributed by atoms with van der Waals surface area (Å²) >= 11 is 0. The molecular weight excluding hydrogens is 466 g/mol. The summed E-state index contributed by atoms with van der Waals surface area (Å²) in [6, 6.07) is 11.2. The number of methoxy groups -OCH3 is 1. The molecule has 2 aromatic carbocycles. The van der Waals surface area contributed by atoms with E-state index >= 15 is 0 Å². The van der Waals surface area contributed by atoms with Crippen molar-refractivity contribution in [2.75, 3.05) is 21.2 Å². The molecule has 9 heteroatoms. The summed E-state index contributed by atoms with van der Waals surface area (Å²) in [6.07, 6.45) is 0. The summed E-state index contributed by atoms with van der Waals surface area (Å²) in [7, 11) is 4.88. The van der Waals surface area contributed by atoms with Crippen molar-refractivity contribution in [3.63, 3.8) is 0 Å². The van der Waals surface area contributed by atoms with Crippen LogP contribution in [0.15, 0.2) is 47.5 Å². The number of ether oxygens (including phenoxy) is 1. The largest absolute Gasteiger partial charge is 0.494 e. The van der Waals surface area contributed by atoms with E-state index in [1.165, 1.54) is 25.3 Å². The van der Waals surface area contributed by atoms with Crippen LogP contribution < -0.4 is 10.1 Å². The number of hydrogen-bond acceptors (Lipinski definition) is 4. The zero-order valence-electron chi connectivity index (χ0n) is 15.3. The van der Waals surface area contributed by atoms with Crippen molar-refractivity contribution >= 4 is 35.6 Å². The number of halogens is 2. The molecule has 0 unspecified atom stereocenters. The number of rotatable bonds is 6. The topological polar surface area (TPSA) is 80.0 Å². The molecule has 0 aliphatic heterocycles. The fourth-order valence-corrected chi connectivity index (χ4v) is 2.50. The van der Waals surface area contributed by atoms with Crippen LogP contribution >= 0.6 is 24.0 Å². The van der Waals surface area contributed by atoms with Crippen LogP contribution in [0, 0.1) is 15.9 Å². The maximum atomic E-state index is 13.8. The van der Waals surface area contributed by atoms with E-state index in [1.54, 1.807) is 31.3 Å². The van der Waals surface area contributed by atoms with Crippen LogP contribution in [-0.2, 0) is 13.1 Å². The maximum Gasteiger partial charge on any atom is 0.269 e. The van der Waals surface area contributed by atoms with E-state index in [2.05, 4.69) is 10.3 Å². The second-order valence-electron chi connectivity index (χ2n) is 5.65. The first-order chi connectivity index (χ1) is 12.4. The molecule has 1 N–H and O–H groups in total. The molecule has 7 nitrogen and oxygen atoms in total. The van der Waals surface area contributed by atoms with E-state index in [-0.39, 0.29) is 35.4 Å². The Kier molecular flexibility index (Phi) is 8.92. The van der Waals surface area contributed by atoms with Gasteiger partial charge in [0, 0.05) is 39.3 Å². The number of non-ortho nitro benzene ring substituents is 1. The quantitative estimate of drug-likeness (QED) is 0.221. The van der Waals surface area contributed by atoms with Gasteiger partial charge < -0.3 is 15.0 Å². The third-order valence-corrected chi connectivity index (χ3v) is 3.78. The van der Waals surface area contributed by atoms with E-state index in [0.717, 1.165) is 11.1 Å². The van der Waals surface area contributed by atoms with E-state index in [9.17, 15) is 14.5 Å². The Bertz CT molecular complexity index is 817. The van der Waals surface area contributed by atoms with Crippen molar-refractivity contribution in [1.29, 1.82) is 0 Å². The van der Waals surface area contributed by atoms with Gasteiger partial charge in [0.2, 0.25) is 0 Å². The fraction of sp³-hybridized carbons (Fsp3) is 0.278. The van der Waals surface area contributed by atoms with E-state index in [1.807, 2.05) is 11.9 Å². The van der Waals surface area contributed by atoms with Crippen molar-refractivity contribution < 1.29 is 14.1 Å². The highest BCUT2D eigenvalue weighted by atomic mass is 127. The van der Waals surface area contributed by atoms with E-state index < -0.39 is 10.7 Å². The number of nitro benzene ring substituents is 1. The van der Waals surface area contributed by atoms with Crippen molar-refractivity contribution in [2.45, 2.75) is 13.1 Å². The minimum atomic E-state index is -0.428. The third kappa shape index (κ3) is 6.35. The van der Waals surface area contributed by atoms with Crippen LogP contribution in [0.25, 0.3) is 0 Å². The average molecular weight is 488 g/mol. The molecule has 0 heterocycles. The first-order valence-corrected chi connectivity index (χ1v) is 7.92. The number of nitro groups is 1. The highest BCUT2D eigenvalue weighted by Gasteiger charge is 2.10. The van der Waals surface area contributed by atoms with E-state index in [4.69, 9.17) is 4.74 Å². The lowest BCUT2D eigenvalue weighted by atomic mass is 10.2. The standard InChI is InChI=1S/C18H21FN4O3.HI/c1-20-18(21-11-13-5-4-6-15(9-13)23(24)25)22(2)12-14-7-8-17(26-3)16(19)10-14;/h4-10H,11-12H2,1-3H3,(H,20,21);1H. The summed E-state index contributed by atoms with van der Waals surface area (Å²) in [6.45, 7) is 0.825. The summed E-state index contributed by atoms with van der Waals surface area (Å²) in [5.74, 6) is 0.371. The fourth-order valence-electron chi connectivity index (χ4n) is 2.50. The second kappa shape index (κ2) is 10.7. The predicted octanol–water partition coefficient (Wildman–Crippen LogP) is 3.57. The Morgan fingerprint density at radius 2 is 2.04 bits per heavy atom. The van der Waals surface area contributed by atoms with Gasteiger partial charge in [0.1, 0.15) is 0 Å². The molecule has 2 aromatic rings. The number of nitrogens with zero attached hydrogens (tertiary/aromatic N) is 3. The highest BCUT2D eigenvalue weighted by molar-refractivity contribution is 14.0. The van der Waals surface area contributed by atoms with Crippen LogP contribution in [0.1, 0.15) is 11.1 Å². The van der Waals surface area contributed by atoms with Crippen LogP contribution in [0.2, 0.25) is 0 Å². The van der Waals surface area contributed by atoms with Gasteiger partial charge in [0.15, 0.2) is 17.5 Å². The maximum absolute atomic E-state index is 13.8. The van der Waals surface area contributed by atoms with Crippen molar-refractivity contribution in [3.8, 4) is 5.75 Å². The number of hydrogen-bond donors (Lipinski definition) is 1. The monoisotopic (exact) mass is 488 g/mol. The Hall–Kier alpha value is -2.43. The van der Waals surface area contributed by atoms with Gasteiger partial charge in [-0.15, -0.1) is 24.0 Å². The molecule has 0 aliphatic rings. The first-order valence-electron chi connectivity index (χ1n) is 7.92. The van der Waals surface area contributed by atoms with Crippen molar-refractivity contribution in [3.05, 3.63) is 69.5 Å². The molecular formula is C18H22FIN4O3. The number of nitrogens with one attached hydrogen (secondary N) is 1. The Labute approximate surface area is 174 Å². The predicted molar refractivity (Wildman–Crippen MR) is 113 cm³/mol. The smallest absolute Gasteiger partial charge is 0.269 e. The Morgan fingerprint density at radius 1 is 1.30 bits per heavy atom. The molecule has 0 atom stereocenters. The zero-order chi connectivity index (χ0) is 19.1. The molecule has 146 valence electrons. The molecule has 27 heavy (non-hydrogen) atoms. The molecule has 0 fully saturated rings. The minimum absolute atomic E-state index is 0. The third-order valence-electron chi connectivity index (χ3n) is 3.78. The lowest BCUT2D eigenvalue weighted by molar-refractivity contribution is -0.384. The lowest BCUT2D eigenvalue weighted by Gasteiger charge is -2.22. The van der Waals surface area contributed by atoms with Gasteiger partial charge in [0.05, 0.1) is 12.0 Å². The number of aliphatic imine (C=N–C) groups is 1. The average Bonchev–Trinajstić information content (AvgIpc) is 2.62. The van der Waals surface area contributed by atoms with Crippen LogP contribution in [0.4, 0.5) is 10.1 Å². The summed E-state index contributed by atoms with van der Waals surface area (Å²) in [4.78, 5) is 16.4. The van der Waals surface area contributed by atoms with Gasteiger partial charge in [-0.3, -0.25) is 15.1 Å². The molecule has 0 aromatic heterocycles. The van der Waals surface area contributed by atoms with Gasteiger partial charge in [0.25, 0.3) is 5.69 Å². The number of benzene rings is 2. The minimum Gasteiger partial charge on any atom is -0.494 e. The summed E-state index contributed by atoms with van der Waals surface area (Å²) < 4.78 is 18.7. The van der Waals surface area contributed by atoms with Gasteiger partial charge in [-0.25, -0.2) is 4.39 Å². The van der Waals surface area contributed by atoms with Gasteiger partial charge in [-0.2, -0.15) is 0 Å². The van der Waals surface area contributed by atoms with Gasteiger partial charge in [-0.05, 0) is 23.3 Å². The molecule has 0 amide bonds. The zero-order valence-corrected chi connectivity index (χ0v) is 17.6. The van der Waals surface area contributed by atoms with Crippen LogP contribution in [-0.4, -0.2) is 37.0 Å². The molecule has 0 saturated heterocycles. The number of guanidine groups is 1. The molecule has 0 bridgehead atoms. The molecule has 0 aliphatic carbocycles. The Morgan fingerprint density at radius 3 is 2.63 bits per heavy atom. The van der Waals surface area contributed by atoms with Crippen LogP contribution in [0.3, 0.4) is 0 Å². The molecule has 2 rings (SSSR count). The summed E-state index contributed by atoms with van der Waals surface area (Å²) in [5, 5.41) is 14.0. The van der Waals surface area contributed by atoms with Gasteiger partial charge >= 0.3 is 0 Å². The molecule has 0 spiro atoms. The highest BCUT2D eigenvalue weighted by Crippen LogP contribution is 2.18. The molecule has 0 saturated carbocycles. The van der Waals surface area contributed by atoms with E-state index in [0.29, 0.717) is 19.0 Å². The second-order valence-corrected chi connectivity index (χ2v) is 5.65. The molecule has 0 radical (unpaired) electrons. The first kappa shape index (κ1) is 22.6. The lowest BCUT2D eigenvalue weighted by Crippen LogP contribution is -2.38. The van der Waals surface area contributed by atoms with Crippen molar-refractivity contribution in [1.82, 2.24) is 10.2 Å². The SMILES string of the molecule is CN=C(NCc1cccc([N+](=O)[O-])c1)N(C)Cc1ccc(OC)c(F)c1.I. The summed E-state index contributed by atoms with van der Waals surface area (Å²) in [5.41, 5.74) is 1.58.